The van der Waals surface area contributed by atoms with Gasteiger partial charge in [0.1, 0.15) is 0 Å². The summed E-state index contributed by atoms with van der Waals surface area (Å²) in [5, 5.41) is 0.714. The van der Waals surface area contributed by atoms with Crippen molar-refractivity contribution in [2.75, 3.05) is 38.5 Å². The molecule has 1 aliphatic rings. The topological polar surface area (TPSA) is 49.9 Å². The predicted molar refractivity (Wildman–Crippen MR) is 107 cm³/mol. The highest BCUT2D eigenvalue weighted by atomic mass is 35.5. The molecule has 2 amide bonds. The summed E-state index contributed by atoms with van der Waals surface area (Å²) in [7, 11) is 0. The third-order valence-corrected chi connectivity index (χ3v) is 5.25. The number of benzene rings is 1. The summed E-state index contributed by atoms with van der Waals surface area (Å²) in [6, 6.07) is 7.69. The molecule has 1 aliphatic heterocycles. The third kappa shape index (κ3) is 7.08. The van der Waals surface area contributed by atoms with Gasteiger partial charge in [-0.05, 0) is 30.0 Å². The van der Waals surface area contributed by atoms with E-state index in [2.05, 4.69) is 0 Å². The molecule has 1 fully saturated rings. The summed E-state index contributed by atoms with van der Waals surface area (Å²) in [6.07, 6.45) is 0.505. The lowest BCUT2D eigenvalue weighted by molar-refractivity contribution is -0.128. The molecule has 0 unspecified atom stereocenters. The zero-order chi connectivity index (χ0) is 18.9. The zero-order valence-electron chi connectivity index (χ0n) is 15.4. The molecule has 144 valence electrons. The molecule has 1 heterocycles. The van der Waals surface area contributed by atoms with Crippen molar-refractivity contribution in [3.05, 3.63) is 34.9 Å². The van der Waals surface area contributed by atoms with Gasteiger partial charge in [-0.3, -0.25) is 4.79 Å². The van der Waals surface area contributed by atoms with Gasteiger partial charge in [0.05, 0.1) is 12.4 Å². The van der Waals surface area contributed by atoms with Crippen LogP contribution in [0.15, 0.2) is 24.3 Å². The molecular weight excluding hydrogens is 372 g/mol. The first kappa shape index (κ1) is 20.9. The van der Waals surface area contributed by atoms with Crippen LogP contribution >= 0.6 is 23.4 Å². The maximum atomic E-state index is 12.4. The molecule has 7 heteroatoms. The smallest absolute Gasteiger partial charge is 0.409 e. The van der Waals surface area contributed by atoms with E-state index in [-0.39, 0.29) is 12.0 Å². The van der Waals surface area contributed by atoms with Crippen LogP contribution in [0, 0.1) is 5.92 Å². The third-order valence-electron chi connectivity index (χ3n) is 4.03. The van der Waals surface area contributed by atoms with Crippen LogP contribution in [0.25, 0.3) is 0 Å². The van der Waals surface area contributed by atoms with Crippen LogP contribution < -0.4 is 0 Å². The number of hydrogen-bond acceptors (Lipinski definition) is 4. The van der Waals surface area contributed by atoms with Gasteiger partial charge in [0.25, 0.3) is 0 Å². The number of ether oxygens (including phenoxy) is 1. The molecule has 0 spiro atoms. The SMILES string of the molecule is CC(C)COC(=O)N1CCCN(C(=O)CSCc2cccc(Cl)c2)CC1. The monoisotopic (exact) mass is 398 g/mol. The summed E-state index contributed by atoms with van der Waals surface area (Å²) >= 11 is 7.57. The van der Waals surface area contributed by atoms with E-state index in [0.29, 0.717) is 49.5 Å². The minimum absolute atomic E-state index is 0.120. The van der Waals surface area contributed by atoms with Gasteiger partial charge in [0, 0.05) is 37.0 Å². The van der Waals surface area contributed by atoms with E-state index in [9.17, 15) is 9.59 Å². The molecule has 1 aromatic rings. The number of thioether (sulfide) groups is 1. The van der Waals surface area contributed by atoms with Crippen LogP contribution in [0.5, 0.6) is 0 Å². The highest BCUT2D eigenvalue weighted by molar-refractivity contribution is 7.99. The fourth-order valence-electron chi connectivity index (χ4n) is 2.65. The average Bonchev–Trinajstić information content (AvgIpc) is 2.86. The van der Waals surface area contributed by atoms with Crippen LogP contribution in [0.1, 0.15) is 25.8 Å². The molecule has 0 N–H and O–H groups in total. The van der Waals surface area contributed by atoms with Gasteiger partial charge >= 0.3 is 6.09 Å². The van der Waals surface area contributed by atoms with Gasteiger partial charge in [-0.2, -0.15) is 0 Å². The van der Waals surface area contributed by atoms with Crippen LogP contribution in [-0.2, 0) is 15.3 Å². The minimum atomic E-state index is -0.275. The fraction of sp³-hybridized carbons (Fsp3) is 0.579. The van der Waals surface area contributed by atoms with Crippen molar-refractivity contribution in [3.63, 3.8) is 0 Å². The van der Waals surface area contributed by atoms with Crippen LogP contribution in [-0.4, -0.2) is 60.3 Å². The Morgan fingerprint density at radius 1 is 1.19 bits per heavy atom. The molecule has 5 nitrogen and oxygen atoms in total. The quantitative estimate of drug-likeness (QED) is 0.729. The van der Waals surface area contributed by atoms with E-state index in [1.807, 2.05) is 43.0 Å². The summed E-state index contributed by atoms with van der Waals surface area (Å²) in [5.74, 6) is 1.63. The van der Waals surface area contributed by atoms with E-state index in [0.717, 1.165) is 17.7 Å². The lowest BCUT2D eigenvalue weighted by atomic mass is 10.2. The second-order valence-electron chi connectivity index (χ2n) is 6.81. The Labute approximate surface area is 165 Å². The maximum absolute atomic E-state index is 12.4. The molecule has 1 aromatic carbocycles. The molecule has 2 rings (SSSR count). The van der Waals surface area contributed by atoms with Crippen LogP contribution in [0.4, 0.5) is 4.79 Å². The number of hydrogen-bond donors (Lipinski definition) is 0. The number of rotatable bonds is 6. The first-order valence-electron chi connectivity index (χ1n) is 8.97. The van der Waals surface area contributed by atoms with Crippen molar-refractivity contribution in [2.45, 2.75) is 26.0 Å². The van der Waals surface area contributed by atoms with Gasteiger partial charge in [0.2, 0.25) is 5.91 Å². The van der Waals surface area contributed by atoms with Crippen molar-refractivity contribution >= 4 is 35.4 Å². The fourth-order valence-corrected chi connectivity index (χ4v) is 3.74. The van der Waals surface area contributed by atoms with Crippen molar-refractivity contribution in [1.29, 1.82) is 0 Å². The van der Waals surface area contributed by atoms with Crippen molar-refractivity contribution in [3.8, 4) is 0 Å². The molecule has 0 atom stereocenters. The molecule has 26 heavy (non-hydrogen) atoms. The first-order valence-corrected chi connectivity index (χ1v) is 10.5. The maximum Gasteiger partial charge on any atom is 0.409 e. The molecule has 1 saturated heterocycles. The molecule has 0 aromatic heterocycles. The summed E-state index contributed by atoms with van der Waals surface area (Å²) in [6.45, 7) is 6.86. The number of nitrogens with zero attached hydrogens (tertiary/aromatic N) is 2. The van der Waals surface area contributed by atoms with Crippen LogP contribution in [0.2, 0.25) is 5.02 Å². The number of carbonyl (C=O) groups excluding carboxylic acids is 2. The van der Waals surface area contributed by atoms with Gasteiger partial charge < -0.3 is 14.5 Å². The molecular formula is C19H27ClN2O3S. The number of halogens is 1. The predicted octanol–water partition coefficient (Wildman–Crippen LogP) is 3.90. The van der Waals surface area contributed by atoms with E-state index in [1.165, 1.54) is 0 Å². The summed E-state index contributed by atoms with van der Waals surface area (Å²) < 4.78 is 5.29. The highest BCUT2D eigenvalue weighted by Gasteiger charge is 2.22. The van der Waals surface area contributed by atoms with Gasteiger partial charge in [-0.25, -0.2) is 4.79 Å². The Morgan fingerprint density at radius 3 is 2.65 bits per heavy atom. The lowest BCUT2D eigenvalue weighted by Crippen LogP contribution is -2.38. The second-order valence-corrected chi connectivity index (χ2v) is 8.24. The largest absolute Gasteiger partial charge is 0.449 e. The highest BCUT2D eigenvalue weighted by Crippen LogP contribution is 2.17. The molecule has 0 bridgehead atoms. The standard InChI is InChI=1S/C19H27ClN2O3S/c1-15(2)12-25-19(24)22-8-4-7-21(9-10-22)18(23)14-26-13-16-5-3-6-17(20)11-16/h3,5-6,11,15H,4,7-10,12-14H2,1-2H3. The normalized spacial score (nSPS) is 15.1. The van der Waals surface area contributed by atoms with Crippen molar-refractivity contribution < 1.29 is 14.3 Å². The summed E-state index contributed by atoms with van der Waals surface area (Å²) in [5.41, 5.74) is 1.12. The minimum Gasteiger partial charge on any atom is -0.449 e. The molecule has 0 aliphatic carbocycles. The Kier molecular flexibility index (Phi) is 8.59. The lowest BCUT2D eigenvalue weighted by Gasteiger charge is -2.22. The Bertz CT molecular complexity index is 612. The van der Waals surface area contributed by atoms with Crippen LogP contribution in [0.3, 0.4) is 0 Å². The van der Waals surface area contributed by atoms with E-state index < -0.39 is 0 Å². The first-order chi connectivity index (χ1) is 12.5. The molecule has 0 radical (unpaired) electrons. The van der Waals surface area contributed by atoms with Gasteiger partial charge in [-0.15, -0.1) is 11.8 Å². The number of amides is 2. The van der Waals surface area contributed by atoms with Crippen molar-refractivity contribution in [2.24, 2.45) is 5.92 Å². The average molecular weight is 399 g/mol. The zero-order valence-corrected chi connectivity index (χ0v) is 17.0. The Morgan fingerprint density at radius 2 is 1.92 bits per heavy atom. The second kappa shape index (κ2) is 10.7. The van der Waals surface area contributed by atoms with E-state index in [1.54, 1.807) is 16.7 Å². The molecule has 0 saturated carbocycles. The Hall–Kier alpha value is -1.40. The number of carbonyl (C=O) groups is 2. The van der Waals surface area contributed by atoms with E-state index in [4.69, 9.17) is 16.3 Å². The van der Waals surface area contributed by atoms with Gasteiger partial charge in [-0.1, -0.05) is 37.6 Å². The van der Waals surface area contributed by atoms with Crippen molar-refractivity contribution in [1.82, 2.24) is 9.80 Å². The Balaban J connectivity index is 1.73. The van der Waals surface area contributed by atoms with E-state index >= 15 is 0 Å². The summed E-state index contributed by atoms with van der Waals surface area (Å²) in [4.78, 5) is 28.1. The van der Waals surface area contributed by atoms with Gasteiger partial charge in [0.15, 0.2) is 0 Å².